The Kier molecular flexibility index (Phi) is 3.42. The molecule has 106 valence electrons. The van der Waals surface area contributed by atoms with E-state index in [1.165, 1.54) is 5.56 Å². The molecule has 0 fully saturated rings. The van der Waals surface area contributed by atoms with Crippen molar-refractivity contribution >= 4 is 5.97 Å². The number of carboxylic acids is 1. The fourth-order valence-corrected chi connectivity index (χ4v) is 2.07. The summed E-state index contributed by atoms with van der Waals surface area (Å²) >= 11 is 0. The van der Waals surface area contributed by atoms with Crippen LogP contribution in [0.15, 0.2) is 24.3 Å². The smallest absolute Gasteiger partial charge is 0.356 e. The summed E-state index contributed by atoms with van der Waals surface area (Å²) in [5.41, 5.74) is 4.04. The Morgan fingerprint density at radius 2 is 1.80 bits per heavy atom. The van der Waals surface area contributed by atoms with Crippen molar-refractivity contribution in [2.75, 3.05) is 0 Å². The van der Waals surface area contributed by atoms with Gasteiger partial charge in [0.15, 0.2) is 5.69 Å². The highest BCUT2D eigenvalue weighted by molar-refractivity contribution is 5.85. The fraction of sp³-hybridized carbons (Fsp3) is 0.375. The zero-order valence-corrected chi connectivity index (χ0v) is 12.6. The van der Waals surface area contributed by atoms with Gasteiger partial charge in [0.1, 0.15) is 0 Å². The monoisotopic (exact) mass is 272 g/mol. The van der Waals surface area contributed by atoms with Crippen LogP contribution in [0.3, 0.4) is 0 Å². The van der Waals surface area contributed by atoms with Crippen LogP contribution in [-0.2, 0) is 5.41 Å². The van der Waals surface area contributed by atoms with Crippen LogP contribution < -0.4 is 0 Å². The number of hydrogen-bond acceptors (Lipinski definition) is 2. The van der Waals surface area contributed by atoms with E-state index in [9.17, 15) is 4.79 Å². The molecule has 4 heteroatoms. The minimum Gasteiger partial charge on any atom is -0.476 e. The highest BCUT2D eigenvalue weighted by atomic mass is 16.4. The molecule has 0 radical (unpaired) electrons. The maximum Gasteiger partial charge on any atom is 0.356 e. The number of aromatic carboxylic acids is 1. The van der Waals surface area contributed by atoms with E-state index in [2.05, 4.69) is 12.0 Å². The van der Waals surface area contributed by atoms with Gasteiger partial charge in [-0.05, 0) is 43.2 Å². The lowest BCUT2D eigenvalue weighted by Crippen LogP contribution is -2.17. The third-order valence-corrected chi connectivity index (χ3v) is 3.43. The highest BCUT2D eigenvalue weighted by Crippen LogP contribution is 2.26. The first-order valence-corrected chi connectivity index (χ1v) is 6.61. The summed E-state index contributed by atoms with van der Waals surface area (Å²) in [6.07, 6.45) is 0. The molecule has 1 heterocycles. The minimum atomic E-state index is -1.00. The van der Waals surface area contributed by atoms with Crippen LogP contribution in [0.2, 0.25) is 0 Å². The zero-order valence-electron chi connectivity index (χ0n) is 12.6. The topological polar surface area (TPSA) is 55.1 Å². The average molecular weight is 272 g/mol. The van der Waals surface area contributed by atoms with Gasteiger partial charge in [-0.25, -0.2) is 9.48 Å². The third kappa shape index (κ3) is 2.59. The standard InChI is InChI=1S/C16H20N2O2/c1-10-6-7-12(8-11(10)2)18-14(16(3,4)5)9-13(17-18)15(19)20/h6-9H,1-5H3,(H,19,20). The molecule has 0 bridgehead atoms. The van der Waals surface area contributed by atoms with Gasteiger partial charge in [-0.15, -0.1) is 0 Å². The number of carboxylic acid groups (broad SMARTS) is 1. The van der Waals surface area contributed by atoms with Crippen molar-refractivity contribution in [1.29, 1.82) is 0 Å². The van der Waals surface area contributed by atoms with Crippen molar-refractivity contribution in [2.24, 2.45) is 0 Å². The van der Waals surface area contributed by atoms with Gasteiger partial charge in [0.25, 0.3) is 0 Å². The lowest BCUT2D eigenvalue weighted by molar-refractivity contribution is 0.0690. The second-order valence-electron chi connectivity index (χ2n) is 6.15. The number of aromatic nitrogens is 2. The molecule has 0 aliphatic heterocycles. The van der Waals surface area contributed by atoms with Gasteiger partial charge in [0.05, 0.1) is 11.4 Å². The van der Waals surface area contributed by atoms with E-state index in [0.29, 0.717) is 0 Å². The van der Waals surface area contributed by atoms with Crippen LogP contribution >= 0.6 is 0 Å². The van der Waals surface area contributed by atoms with Crippen molar-refractivity contribution in [2.45, 2.75) is 40.0 Å². The largest absolute Gasteiger partial charge is 0.476 e. The van der Waals surface area contributed by atoms with Gasteiger partial charge in [0.2, 0.25) is 0 Å². The predicted molar refractivity (Wildman–Crippen MR) is 78.7 cm³/mol. The lowest BCUT2D eigenvalue weighted by atomic mass is 9.91. The van der Waals surface area contributed by atoms with Crippen LogP contribution in [0.25, 0.3) is 5.69 Å². The maximum absolute atomic E-state index is 11.2. The first-order chi connectivity index (χ1) is 9.20. The summed E-state index contributed by atoms with van der Waals surface area (Å²) in [7, 11) is 0. The fourth-order valence-electron chi connectivity index (χ4n) is 2.07. The lowest BCUT2D eigenvalue weighted by Gasteiger charge is -2.20. The summed E-state index contributed by atoms with van der Waals surface area (Å²) in [6.45, 7) is 10.2. The number of nitrogens with zero attached hydrogens (tertiary/aromatic N) is 2. The summed E-state index contributed by atoms with van der Waals surface area (Å²) in [4.78, 5) is 11.2. The number of rotatable bonds is 2. The maximum atomic E-state index is 11.2. The molecule has 0 saturated heterocycles. The normalized spacial score (nSPS) is 11.7. The van der Waals surface area contributed by atoms with Crippen molar-refractivity contribution in [3.63, 3.8) is 0 Å². The Morgan fingerprint density at radius 1 is 1.15 bits per heavy atom. The van der Waals surface area contributed by atoms with Crippen LogP contribution in [0, 0.1) is 13.8 Å². The molecule has 4 nitrogen and oxygen atoms in total. The SMILES string of the molecule is Cc1ccc(-n2nc(C(=O)O)cc2C(C)(C)C)cc1C. The summed E-state index contributed by atoms with van der Waals surface area (Å²) in [5, 5.41) is 13.4. The Bertz CT molecular complexity index is 664. The summed E-state index contributed by atoms with van der Waals surface area (Å²) in [6, 6.07) is 7.68. The van der Waals surface area contributed by atoms with Gasteiger partial charge in [-0.1, -0.05) is 26.8 Å². The predicted octanol–water partition coefficient (Wildman–Crippen LogP) is 3.48. The molecule has 0 spiro atoms. The molecule has 0 aliphatic rings. The van der Waals surface area contributed by atoms with Crippen molar-refractivity contribution < 1.29 is 9.90 Å². The minimum absolute atomic E-state index is 0.0770. The van der Waals surface area contributed by atoms with Crippen molar-refractivity contribution in [1.82, 2.24) is 9.78 Å². The molecule has 20 heavy (non-hydrogen) atoms. The van der Waals surface area contributed by atoms with Crippen molar-refractivity contribution in [3.8, 4) is 5.69 Å². The van der Waals surface area contributed by atoms with E-state index in [1.807, 2.05) is 45.9 Å². The van der Waals surface area contributed by atoms with E-state index >= 15 is 0 Å². The Balaban J connectivity index is 2.65. The van der Waals surface area contributed by atoms with Gasteiger partial charge in [0, 0.05) is 5.41 Å². The zero-order chi connectivity index (χ0) is 15.1. The van der Waals surface area contributed by atoms with Crippen LogP contribution in [0.1, 0.15) is 48.1 Å². The van der Waals surface area contributed by atoms with Gasteiger partial charge in [-0.2, -0.15) is 5.10 Å². The molecule has 1 N–H and O–H groups in total. The number of hydrogen-bond donors (Lipinski definition) is 1. The summed E-state index contributed by atoms with van der Waals surface area (Å²) in [5.74, 6) is -1.00. The van der Waals surface area contributed by atoms with Crippen LogP contribution in [0.5, 0.6) is 0 Å². The first kappa shape index (κ1) is 14.3. The summed E-state index contributed by atoms with van der Waals surface area (Å²) < 4.78 is 1.73. The van der Waals surface area contributed by atoms with E-state index in [4.69, 9.17) is 5.11 Å². The van der Waals surface area contributed by atoms with Gasteiger partial charge < -0.3 is 5.11 Å². The Morgan fingerprint density at radius 3 is 2.30 bits per heavy atom. The molecular formula is C16H20N2O2. The quantitative estimate of drug-likeness (QED) is 0.910. The van der Waals surface area contributed by atoms with E-state index < -0.39 is 5.97 Å². The second kappa shape index (κ2) is 4.78. The Hall–Kier alpha value is -2.10. The molecule has 0 atom stereocenters. The molecule has 0 aliphatic carbocycles. The molecular weight excluding hydrogens is 252 g/mol. The highest BCUT2D eigenvalue weighted by Gasteiger charge is 2.24. The molecule has 0 unspecified atom stereocenters. The van der Waals surface area contributed by atoms with Crippen LogP contribution in [0.4, 0.5) is 0 Å². The van der Waals surface area contributed by atoms with Gasteiger partial charge in [-0.3, -0.25) is 0 Å². The number of aryl methyl sites for hydroxylation is 2. The molecule has 2 rings (SSSR count). The van der Waals surface area contributed by atoms with Crippen LogP contribution in [-0.4, -0.2) is 20.9 Å². The Labute approximate surface area is 119 Å². The number of benzene rings is 1. The molecule has 1 aromatic carbocycles. The molecule has 2 aromatic rings. The third-order valence-electron chi connectivity index (χ3n) is 3.43. The average Bonchev–Trinajstić information content (AvgIpc) is 2.77. The van der Waals surface area contributed by atoms with Crippen molar-refractivity contribution in [3.05, 3.63) is 46.8 Å². The molecule has 1 aromatic heterocycles. The van der Waals surface area contributed by atoms with Gasteiger partial charge >= 0.3 is 5.97 Å². The number of carbonyl (C=O) groups is 1. The first-order valence-electron chi connectivity index (χ1n) is 6.61. The van der Waals surface area contributed by atoms with E-state index in [1.54, 1.807) is 10.7 Å². The molecule has 0 amide bonds. The molecule has 0 saturated carbocycles. The second-order valence-corrected chi connectivity index (χ2v) is 6.15. The van der Waals surface area contributed by atoms with E-state index in [0.717, 1.165) is 16.9 Å². The van der Waals surface area contributed by atoms with E-state index in [-0.39, 0.29) is 11.1 Å².